The summed E-state index contributed by atoms with van der Waals surface area (Å²) in [5, 5.41) is 0. The molecule has 2 aromatic carbocycles. The lowest BCUT2D eigenvalue weighted by atomic mass is 9.96. The van der Waals surface area contributed by atoms with E-state index >= 15 is 0 Å². The number of halogens is 1. The molecule has 25 heavy (non-hydrogen) atoms. The van der Waals surface area contributed by atoms with E-state index in [4.69, 9.17) is 17.0 Å². The summed E-state index contributed by atoms with van der Waals surface area (Å²) in [6.45, 7) is 1.68. The molecule has 6 heteroatoms. The molecule has 0 aliphatic carbocycles. The van der Waals surface area contributed by atoms with Gasteiger partial charge in [0, 0.05) is 16.5 Å². The van der Waals surface area contributed by atoms with Crippen molar-refractivity contribution < 1.29 is 13.5 Å². The van der Waals surface area contributed by atoms with Gasteiger partial charge in [-0.3, -0.25) is 4.79 Å². The molecule has 0 saturated carbocycles. The number of ether oxygens (including phenoxy) is 1. The Labute approximate surface area is 150 Å². The lowest BCUT2D eigenvalue weighted by molar-refractivity contribution is 0.415. The fourth-order valence-electron chi connectivity index (χ4n) is 2.34. The Morgan fingerprint density at radius 3 is 2.48 bits per heavy atom. The van der Waals surface area contributed by atoms with Gasteiger partial charge in [-0.05, 0) is 49.6 Å². The quantitative estimate of drug-likeness (QED) is 0.524. The fourth-order valence-corrected chi connectivity index (χ4v) is 2.75. The van der Waals surface area contributed by atoms with Crippen molar-refractivity contribution in [3.8, 4) is 22.8 Å². The molecule has 124 valence electrons. The van der Waals surface area contributed by atoms with Crippen molar-refractivity contribution in [2.24, 2.45) is 0 Å². The number of hydrogen-bond donors (Lipinski definition) is 0. The molecule has 1 aromatic heterocycles. The fraction of sp³-hybridized carbons (Fsp3) is 0.105. The molecule has 0 atom stereocenters. The van der Waals surface area contributed by atoms with E-state index in [1.54, 1.807) is 18.7 Å². The van der Waals surface area contributed by atoms with Gasteiger partial charge in [-0.25, -0.2) is 4.39 Å². The zero-order valence-corrected chi connectivity index (χ0v) is 14.5. The second-order valence-electron chi connectivity index (χ2n) is 5.40. The summed E-state index contributed by atoms with van der Waals surface area (Å²) in [6.07, 6.45) is 1.97. The maximum atomic E-state index is 14.0. The van der Waals surface area contributed by atoms with Crippen LogP contribution in [0.25, 0.3) is 11.3 Å². The van der Waals surface area contributed by atoms with Gasteiger partial charge < -0.3 is 9.15 Å². The first-order valence-electron chi connectivity index (χ1n) is 7.50. The number of aryl methyl sites for hydroxylation is 1. The highest BCUT2D eigenvalue weighted by atomic mass is 32.2. The van der Waals surface area contributed by atoms with Crippen molar-refractivity contribution in [3.63, 3.8) is 0 Å². The highest BCUT2D eigenvalue weighted by Crippen LogP contribution is 2.33. The van der Waals surface area contributed by atoms with Crippen molar-refractivity contribution in [2.45, 2.75) is 11.8 Å². The number of rotatable bonds is 4. The van der Waals surface area contributed by atoms with E-state index in [-0.39, 0.29) is 28.2 Å². The van der Waals surface area contributed by atoms with Crippen LogP contribution in [0, 0.1) is 12.7 Å². The van der Waals surface area contributed by atoms with Crippen LogP contribution in [0.15, 0.2) is 62.6 Å². The van der Waals surface area contributed by atoms with Crippen molar-refractivity contribution in [1.82, 2.24) is 0 Å². The van der Waals surface area contributed by atoms with E-state index in [1.807, 2.05) is 30.5 Å². The smallest absolute Gasteiger partial charge is 0.228 e. The summed E-state index contributed by atoms with van der Waals surface area (Å²) in [7, 11) is 5.54. The Bertz CT molecular complexity index is 967. The summed E-state index contributed by atoms with van der Waals surface area (Å²) in [5.41, 5.74) is 0.557. The minimum absolute atomic E-state index is 0.0637. The Balaban J connectivity index is 2.10. The van der Waals surface area contributed by atoms with Crippen molar-refractivity contribution in [2.75, 3.05) is 6.26 Å². The van der Waals surface area contributed by atoms with E-state index < -0.39 is 5.82 Å². The summed E-state index contributed by atoms with van der Waals surface area (Å²) in [5.74, 6) is -0.102. The van der Waals surface area contributed by atoms with Gasteiger partial charge in [0.2, 0.25) is 11.2 Å². The first-order valence-corrected chi connectivity index (χ1v) is 8.72. The molecule has 0 fully saturated rings. The molecular weight excluding hydrogens is 338 g/mol. The molecule has 1 heterocycles. The van der Waals surface area contributed by atoms with Gasteiger partial charge in [0.25, 0.3) is 0 Å². The summed E-state index contributed by atoms with van der Waals surface area (Å²) < 4.78 is 25.3. The lowest BCUT2D eigenvalue weighted by Gasteiger charge is -2.12. The number of hydrogen-bond acceptors (Lipinski definition) is 4. The monoisotopic (exact) mass is 352 g/mol. The van der Waals surface area contributed by atoms with E-state index in [1.165, 1.54) is 18.2 Å². The van der Waals surface area contributed by atoms with Gasteiger partial charge >= 0.3 is 0 Å². The average Bonchev–Trinajstić information content (AvgIpc) is 2.59. The minimum Gasteiger partial charge on any atom is -0.457 e. The topological polar surface area (TPSA) is 39.4 Å². The van der Waals surface area contributed by atoms with Crippen LogP contribution in [0.4, 0.5) is 4.39 Å². The van der Waals surface area contributed by atoms with E-state index in [2.05, 4.69) is 0 Å². The normalized spacial score (nSPS) is 10.7. The molecule has 0 spiro atoms. The molecule has 0 aliphatic heterocycles. The highest BCUT2D eigenvalue weighted by molar-refractivity contribution is 7.98. The van der Waals surface area contributed by atoms with Gasteiger partial charge in [-0.15, -0.1) is 11.8 Å². The second-order valence-corrected chi connectivity index (χ2v) is 6.28. The van der Waals surface area contributed by atoms with E-state index in [9.17, 15) is 9.18 Å². The molecule has 0 aliphatic rings. The maximum Gasteiger partial charge on any atom is 0.228 e. The van der Waals surface area contributed by atoms with Crippen molar-refractivity contribution in [1.29, 1.82) is 0 Å². The van der Waals surface area contributed by atoms with Crippen molar-refractivity contribution in [3.05, 3.63) is 70.3 Å². The molecular formula is C19H14BFO3S. The Morgan fingerprint density at radius 1 is 1.12 bits per heavy atom. The van der Waals surface area contributed by atoms with Crippen LogP contribution in [-0.4, -0.2) is 14.1 Å². The zero-order valence-electron chi connectivity index (χ0n) is 13.7. The molecule has 0 saturated heterocycles. The average molecular weight is 352 g/mol. The first-order chi connectivity index (χ1) is 12.0. The molecule has 2 radical (unpaired) electrons. The molecule has 0 bridgehead atoms. The Kier molecular flexibility index (Phi) is 4.99. The van der Waals surface area contributed by atoms with Crippen LogP contribution in [0.1, 0.15) is 5.76 Å². The molecule has 3 nitrogen and oxygen atoms in total. The van der Waals surface area contributed by atoms with Crippen LogP contribution in [0.2, 0.25) is 0 Å². The SMILES string of the molecule is [B]c1ccc(Oc2c(-c3ccc(SC)cc3)oc(C)cc2=O)c(F)c1. The van der Waals surface area contributed by atoms with Crippen LogP contribution >= 0.6 is 11.8 Å². The summed E-state index contributed by atoms with van der Waals surface area (Å²) in [4.78, 5) is 13.5. The van der Waals surface area contributed by atoms with Gasteiger partial charge in [-0.2, -0.15) is 0 Å². The third-order valence-corrected chi connectivity index (χ3v) is 4.29. The third-order valence-electron chi connectivity index (χ3n) is 3.55. The van der Waals surface area contributed by atoms with E-state index in [0.29, 0.717) is 11.3 Å². The largest absolute Gasteiger partial charge is 0.457 e. The molecule has 0 unspecified atom stereocenters. The van der Waals surface area contributed by atoms with Crippen LogP contribution < -0.4 is 15.6 Å². The highest BCUT2D eigenvalue weighted by Gasteiger charge is 2.17. The van der Waals surface area contributed by atoms with Crippen LogP contribution in [0.5, 0.6) is 11.5 Å². The third kappa shape index (κ3) is 3.79. The number of thioether (sulfide) groups is 1. The summed E-state index contributed by atoms with van der Waals surface area (Å²) in [6, 6.07) is 12.8. The van der Waals surface area contributed by atoms with Crippen molar-refractivity contribution >= 4 is 25.1 Å². The van der Waals surface area contributed by atoms with Gasteiger partial charge in [-0.1, -0.05) is 11.5 Å². The summed E-state index contributed by atoms with van der Waals surface area (Å²) >= 11 is 1.60. The maximum absolute atomic E-state index is 14.0. The lowest BCUT2D eigenvalue weighted by Crippen LogP contribution is -2.08. The number of benzene rings is 2. The standard InChI is InChI=1S/C19H14BFO3S/c1-11-9-16(22)19(24-17-8-5-13(20)10-15(17)21)18(23-11)12-3-6-14(25-2)7-4-12/h3-10H,1-2H3. The molecule has 0 N–H and O–H groups in total. The predicted molar refractivity (Wildman–Crippen MR) is 98.8 cm³/mol. The van der Waals surface area contributed by atoms with Gasteiger partial charge in [0.15, 0.2) is 17.3 Å². The van der Waals surface area contributed by atoms with Gasteiger partial charge in [0.1, 0.15) is 13.6 Å². The zero-order chi connectivity index (χ0) is 18.0. The van der Waals surface area contributed by atoms with Crippen LogP contribution in [0.3, 0.4) is 0 Å². The first kappa shape index (κ1) is 17.4. The molecule has 3 rings (SSSR count). The van der Waals surface area contributed by atoms with E-state index in [0.717, 1.165) is 11.0 Å². The minimum atomic E-state index is -0.649. The second kappa shape index (κ2) is 7.19. The molecule has 0 amide bonds. The molecule has 3 aromatic rings. The van der Waals surface area contributed by atoms with Gasteiger partial charge in [0.05, 0.1) is 0 Å². The Morgan fingerprint density at radius 2 is 1.84 bits per heavy atom. The Hall–Kier alpha value is -2.47. The predicted octanol–water partition coefficient (Wildman–Crippen LogP) is 4.06. The van der Waals surface area contributed by atoms with Crippen LogP contribution in [-0.2, 0) is 0 Å².